The molecule has 82 valence electrons. The van der Waals surface area contributed by atoms with Crippen molar-refractivity contribution >= 4 is 5.91 Å². The average Bonchev–Trinajstić information content (AvgIpc) is 2.78. The fourth-order valence-electron chi connectivity index (χ4n) is 1.20. The van der Waals surface area contributed by atoms with Crippen molar-refractivity contribution in [3.8, 4) is 5.69 Å². The smallest absolute Gasteiger partial charge is 0.292 e. The van der Waals surface area contributed by atoms with Gasteiger partial charge in [0.2, 0.25) is 0 Å². The Bertz CT molecular complexity index is 502. The van der Waals surface area contributed by atoms with Crippen molar-refractivity contribution in [2.45, 2.75) is 6.92 Å². The predicted octanol–water partition coefficient (Wildman–Crippen LogP) is 0.330. The van der Waals surface area contributed by atoms with Crippen molar-refractivity contribution in [1.82, 2.24) is 25.5 Å². The minimum atomic E-state index is -0.349. The maximum Gasteiger partial charge on any atom is 0.292 e. The molecule has 16 heavy (non-hydrogen) atoms. The van der Waals surface area contributed by atoms with Crippen LogP contribution in [0.3, 0.4) is 0 Å². The van der Waals surface area contributed by atoms with Gasteiger partial charge in [-0.3, -0.25) is 4.79 Å². The number of aryl methyl sites for hydroxylation is 1. The number of hydrogen-bond acceptors (Lipinski definition) is 4. The number of tetrazole rings is 1. The molecule has 0 saturated carbocycles. The number of rotatable bonds is 2. The number of hydrogen-bond donors (Lipinski definition) is 1. The van der Waals surface area contributed by atoms with E-state index in [0.717, 1.165) is 11.3 Å². The summed E-state index contributed by atoms with van der Waals surface area (Å²) >= 11 is 0. The Morgan fingerprint density at radius 2 is 2.00 bits per heavy atom. The standard InChI is InChI=1S/C10H11N5O/c1-7-3-5-8(6-4-7)15-13-9(12-14-15)10(16)11-2/h3-6H,1-2H3,(H,11,16). The summed E-state index contributed by atoms with van der Waals surface area (Å²) in [5.41, 5.74) is 1.92. The topological polar surface area (TPSA) is 72.7 Å². The average molecular weight is 217 g/mol. The van der Waals surface area contributed by atoms with Gasteiger partial charge in [0, 0.05) is 7.05 Å². The second-order valence-corrected chi connectivity index (χ2v) is 3.32. The quantitative estimate of drug-likeness (QED) is 0.786. The third kappa shape index (κ3) is 1.90. The number of nitrogens with one attached hydrogen (secondary N) is 1. The molecule has 6 nitrogen and oxygen atoms in total. The van der Waals surface area contributed by atoms with Gasteiger partial charge >= 0.3 is 0 Å². The fraction of sp³-hybridized carbons (Fsp3) is 0.200. The van der Waals surface area contributed by atoms with Gasteiger partial charge < -0.3 is 5.32 Å². The van der Waals surface area contributed by atoms with E-state index in [1.54, 1.807) is 0 Å². The Hall–Kier alpha value is -2.24. The first kappa shape index (κ1) is 10.3. The molecule has 1 aromatic heterocycles. The van der Waals surface area contributed by atoms with E-state index < -0.39 is 0 Å². The second kappa shape index (κ2) is 4.09. The summed E-state index contributed by atoms with van der Waals surface area (Å²) in [7, 11) is 1.52. The van der Waals surface area contributed by atoms with Crippen molar-refractivity contribution < 1.29 is 4.79 Å². The summed E-state index contributed by atoms with van der Waals surface area (Å²) in [5.74, 6) is -0.290. The van der Waals surface area contributed by atoms with Gasteiger partial charge in [-0.1, -0.05) is 17.7 Å². The second-order valence-electron chi connectivity index (χ2n) is 3.32. The predicted molar refractivity (Wildman–Crippen MR) is 57.3 cm³/mol. The Morgan fingerprint density at radius 1 is 1.31 bits per heavy atom. The van der Waals surface area contributed by atoms with Crippen LogP contribution in [0.1, 0.15) is 16.2 Å². The Balaban J connectivity index is 2.31. The highest BCUT2D eigenvalue weighted by Crippen LogP contribution is 2.06. The van der Waals surface area contributed by atoms with E-state index in [0.29, 0.717) is 0 Å². The van der Waals surface area contributed by atoms with Gasteiger partial charge in [-0.15, -0.1) is 15.0 Å². The fourth-order valence-corrected chi connectivity index (χ4v) is 1.20. The number of carbonyl (C=O) groups excluding carboxylic acids is 1. The molecule has 1 aromatic carbocycles. The summed E-state index contributed by atoms with van der Waals surface area (Å²) in [6.45, 7) is 1.99. The van der Waals surface area contributed by atoms with Crippen LogP contribution >= 0.6 is 0 Å². The van der Waals surface area contributed by atoms with Gasteiger partial charge in [-0.2, -0.15) is 0 Å². The lowest BCUT2D eigenvalue weighted by Gasteiger charge is -1.97. The van der Waals surface area contributed by atoms with Crippen LogP contribution in [0.25, 0.3) is 5.69 Å². The van der Waals surface area contributed by atoms with E-state index in [9.17, 15) is 4.79 Å². The lowest BCUT2D eigenvalue weighted by Crippen LogP contribution is -2.19. The lowest BCUT2D eigenvalue weighted by atomic mass is 10.2. The zero-order valence-electron chi connectivity index (χ0n) is 9.01. The summed E-state index contributed by atoms with van der Waals surface area (Å²) in [6.07, 6.45) is 0. The van der Waals surface area contributed by atoms with Crippen LogP contribution in [0.5, 0.6) is 0 Å². The summed E-state index contributed by atoms with van der Waals surface area (Å²) in [6, 6.07) is 7.62. The Labute approximate surface area is 92.3 Å². The van der Waals surface area contributed by atoms with E-state index in [4.69, 9.17) is 0 Å². The maximum atomic E-state index is 11.2. The molecule has 0 atom stereocenters. The highest BCUT2D eigenvalue weighted by atomic mass is 16.2. The van der Waals surface area contributed by atoms with Gasteiger partial charge in [0.25, 0.3) is 11.7 Å². The third-order valence-corrected chi connectivity index (χ3v) is 2.11. The van der Waals surface area contributed by atoms with Crippen LogP contribution in [0.2, 0.25) is 0 Å². The Kier molecular flexibility index (Phi) is 2.63. The molecule has 0 aliphatic carbocycles. The van der Waals surface area contributed by atoms with Crippen molar-refractivity contribution in [3.05, 3.63) is 35.7 Å². The molecule has 0 radical (unpaired) electrons. The van der Waals surface area contributed by atoms with Crippen LogP contribution in [0, 0.1) is 6.92 Å². The Morgan fingerprint density at radius 3 is 2.62 bits per heavy atom. The first-order valence-electron chi connectivity index (χ1n) is 4.80. The highest BCUT2D eigenvalue weighted by molar-refractivity contribution is 5.89. The molecule has 0 aliphatic rings. The summed E-state index contributed by atoms with van der Waals surface area (Å²) in [4.78, 5) is 12.5. The molecule has 2 aromatic rings. The largest absolute Gasteiger partial charge is 0.352 e. The SMILES string of the molecule is CNC(=O)c1nnn(-c2ccc(C)cc2)n1. The molecule has 0 saturated heterocycles. The monoisotopic (exact) mass is 217 g/mol. The molecule has 0 unspecified atom stereocenters. The first-order chi connectivity index (χ1) is 7.70. The minimum absolute atomic E-state index is 0.0584. The van der Waals surface area contributed by atoms with Crippen molar-refractivity contribution in [3.63, 3.8) is 0 Å². The summed E-state index contributed by atoms with van der Waals surface area (Å²) < 4.78 is 0. The number of aromatic nitrogens is 4. The molecule has 0 bridgehead atoms. The zero-order chi connectivity index (χ0) is 11.5. The number of benzene rings is 1. The molecule has 1 heterocycles. The third-order valence-electron chi connectivity index (χ3n) is 2.11. The number of carbonyl (C=O) groups is 1. The minimum Gasteiger partial charge on any atom is -0.352 e. The molecular formula is C10H11N5O. The van der Waals surface area contributed by atoms with Crippen LogP contribution in [-0.2, 0) is 0 Å². The molecule has 0 aliphatic heterocycles. The van der Waals surface area contributed by atoms with Crippen molar-refractivity contribution in [1.29, 1.82) is 0 Å². The number of nitrogens with zero attached hydrogens (tertiary/aromatic N) is 4. The van der Waals surface area contributed by atoms with Gasteiger partial charge in [0.1, 0.15) is 0 Å². The van der Waals surface area contributed by atoms with Gasteiger partial charge in [-0.05, 0) is 24.3 Å². The number of amides is 1. The van der Waals surface area contributed by atoms with E-state index in [2.05, 4.69) is 20.7 Å². The van der Waals surface area contributed by atoms with Gasteiger partial charge in [0.05, 0.1) is 5.69 Å². The van der Waals surface area contributed by atoms with Gasteiger partial charge in [0.15, 0.2) is 0 Å². The lowest BCUT2D eigenvalue weighted by molar-refractivity contribution is 0.0952. The van der Waals surface area contributed by atoms with Crippen LogP contribution in [0.4, 0.5) is 0 Å². The van der Waals surface area contributed by atoms with E-state index in [1.165, 1.54) is 11.8 Å². The summed E-state index contributed by atoms with van der Waals surface area (Å²) in [5, 5.41) is 13.9. The van der Waals surface area contributed by atoms with Crippen LogP contribution in [0.15, 0.2) is 24.3 Å². The normalized spacial score (nSPS) is 10.1. The van der Waals surface area contributed by atoms with Crippen LogP contribution in [-0.4, -0.2) is 33.2 Å². The van der Waals surface area contributed by atoms with Crippen molar-refractivity contribution in [2.24, 2.45) is 0 Å². The maximum absolute atomic E-state index is 11.2. The van der Waals surface area contributed by atoms with Crippen LogP contribution < -0.4 is 5.32 Å². The molecule has 2 rings (SSSR count). The molecule has 0 fully saturated rings. The zero-order valence-corrected chi connectivity index (χ0v) is 9.01. The first-order valence-corrected chi connectivity index (χ1v) is 4.80. The van der Waals surface area contributed by atoms with E-state index >= 15 is 0 Å². The molecule has 1 amide bonds. The molecular weight excluding hydrogens is 206 g/mol. The molecule has 6 heteroatoms. The van der Waals surface area contributed by atoms with Gasteiger partial charge in [-0.25, -0.2) is 0 Å². The molecule has 0 spiro atoms. The molecule has 1 N–H and O–H groups in total. The van der Waals surface area contributed by atoms with Crippen molar-refractivity contribution in [2.75, 3.05) is 7.05 Å². The van der Waals surface area contributed by atoms with E-state index in [1.807, 2.05) is 31.2 Å². The highest BCUT2D eigenvalue weighted by Gasteiger charge is 2.11. The van der Waals surface area contributed by atoms with E-state index in [-0.39, 0.29) is 11.7 Å².